The summed E-state index contributed by atoms with van der Waals surface area (Å²) in [5.74, 6) is 0.285. The molecule has 2 rings (SSSR count). The number of alkyl halides is 3. The molecular weight excluding hydrogens is 234 g/mol. The van der Waals surface area contributed by atoms with E-state index in [9.17, 15) is 8.78 Å². The lowest BCUT2D eigenvalue weighted by molar-refractivity contribution is -0.0502. The van der Waals surface area contributed by atoms with E-state index < -0.39 is 6.61 Å². The number of hydrogen-bond acceptors (Lipinski definition) is 1. The van der Waals surface area contributed by atoms with Crippen molar-refractivity contribution in [1.29, 1.82) is 0 Å². The lowest BCUT2D eigenvalue weighted by Gasteiger charge is -2.11. The molecule has 1 nitrogen and oxygen atoms in total. The maximum Gasteiger partial charge on any atom is 0.387 e. The predicted molar refractivity (Wildman–Crippen MR) is 60.1 cm³/mol. The SMILES string of the molecule is FC(F)Oc1ccc2ccccc2c1CCl. The molecule has 0 saturated heterocycles. The molecule has 0 N–H and O–H groups in total. The van der Waals surface area contributed by atoms with Gasteiger partial charge in [0.1, 0.15) is 5.75 Å². The summed E-state index contributed by atoms with van der Waals surface area (Å²) in [4.78, 5) is 0. The molecule has 0 bridgehead atoms. The summed E-state index contributed by atoms with van der Waals surface area (Å²) in [5.41, 5.74) is 0.597. The lowest BCUT2D eigenvalue weighted by atomic mass is 10.0. The molecule has 4 heteroatoms. The molecule has 0 fully saturated rings. The molecule has 0 radical (unpaired) electrons. The Morgan fingerprint density at radius 2 is 1.88 bits per heavy atom. The van der Waals surface area contributed by atoms with Crippen LogP contribution in [0.5, 0.6) is 5.75 Å². The molecule has 0 unspecified atom stereocenters. The fraction of sp³-hybridized carbons (Fsp3) is 0.167. The van der Waals surface area contributed by atoms with Gasteiger partial charge in [-0.05, 0) is 16.8 Å². The van der Waals surface area contributed by atoms with Crippen LogP contribution in [-0.4, -0.2) is 6.61 Å². The smallest absolute Gasteiger partial charge is 0.387 e. The molecule has 84 valence electrons. The highest BCUT2D eigenvalue weighted by atomic mass is 35.5. The second-order valence-corrected chi connectivity index (χ2v) is 3.54. The molecule has 0 aliphatic rings. The Hall–Kier alpha value is -1.35. The number of halogens is 3. The first-order valence-electron chi connectivity index (χ1n) is 4.74. The monoisotopic (exact) mass is 242 g/mol. The summed E-state index contributed by atoms with van der Waals surface area (Å²) in [6.07, 6.45) is 0. The number of ether oxygens (including phenoxy) is 1. The van der Waals surface area contributed by atoms with Gasteiger partial charge in [0.25, 0.3) is 0 Å². The quantitative estimate of drug-likeness (QED) is 0.734. The Bertz CT molecular complexity index is 499. The van der Waals surface area contributed by atoms with Gasteiger partial charge in [0.05, 0.1) is 5.88 Å². The fourth-order valence-corrected chi connectivity index (χ4v) is 1.94. The second kappa shape index (κ2) is 4.66. The summed E-state index contributed by atoms with van der Waals surface area (Å²) in [5, 5.41) is 1.80. The van der Waals surface area contributed by atoms with Crippen LogP contribution in [-0.2, 0) is 5.88 Å². The highest BCUT2D eigenvalue weighted by Gasteiger charge is 2.11. The zero-order chi connectivity index (χ0) is 11.5. The molecule has 0 saturated carbocycles. The summed E-state index contributed by atoms with van der Waals surface area (Å²) in [6.45, 7) is -2.83. The Morgan fingerprint density at radius 1 is 1.12 bits per heavy atom. The van der Waals surface area contributed by atoms with E-state index in [2.05, 4.69) is 4.74 Å². The Balaban J connectivity index is 2.58. The van der Waals surface area contributed by atoms with Crippen LogP contribution in [0.15, 0.2) is 36.4 Å². The van der Waals surface area contributed by atoms with Gasteiger partial charge in [-0.2, -0.15) is 8.78 Å². The minimum absolute atomic E-state index is 0.142. The van der Waals surface area contributed by atoms with Gasteiger partial charge in [-0.1, -0.05) is 30.3 Å². The average Bonchev–Trinajstić information content (AvgIpc) is 2.28. The number of benzene rings is 2. The van der Waals surface area contributed by atoms with Gasteiger partial charge in [-0.3, -0.25) is 0 Å². The van der Waals surface area contributed by atoms with Gasteiger partial charge in [0.15, 0.2) is 0 Å². The van der Waals surface area contributed by atoms with Gasteiger partial charge in [0, 0.05) is 5.56 Å². The summed E-state index contributed by atoms with van der Waals surface area (Å²) < 4.78 is 28.8. The van der Waals surface area contributed by atoms with E-state index >= 15 is 0 Å². The third kappa shape index (κ3) is 2.09. The molecule has 0 aliphatic heterocycles. The molecule has 0 aliphatic carbocycles. The summed E-state index contributed by atoms with van der Waals surface area (Å²) >= 11 is 5.77. The Morgan fingerprint density at radius 3 is 2.56 bits per heavy atom. The van der Waals surface area contributed by atoms with E-state index in [4.69, 9.17) is 11.6 Å². The summed E-state index contributed by atoms with van der Waals surface area (Å²) in [7, 11) is 0. The zero-order valence-corrected chi connectivity index (χ0v) is 9.05. The number of hydrogen-bond donors (Lipinski definition) is 0. The molecule has 0 atom stereocenters. The summed E-state index contributed by atoms with van der Waals surface area (Å²) in [6, 6.07) is 10.7. The molecular formula is C12H9ClF2O. The van der Waals surface area contributed by atoms with Crippen molar-refractivity contribution in [3.05, 3.63) is 42.0 Å². The van der Waals surface area contributed by atoms with Crippen molar-refractivity contribution in [2.24, 2.45) is 0 Å². The van der Waals surface area contributed by atoms with Crippen LogP contribution in [0.2, 0.25) is 0 Å². The number of fused-ring (bicyclic) bond motifs is 1. The van der Waals surface area contributed by atoms with Crippen LogP contribution in [0.4, 0.5) is 8.78 Å². The molecule has 0 heterocycles. The van der Waals surface area contributed by atoms with Crippen LogP contribution >= 0.6 is 11.6 Å². The first-order chi connectivity index (χ1) is 7.72. The van der Waals surface area contributed by atoms with Crippen LogP contribution in [0.25, 0.3) is 10.8 Å². The Labute approximate surface area is 96.6 Å². The molecule has 2 aromatic carbocycles. The van der Waals surface area contributed by atoms with E-state index in [1.165, 1.54) is 6.07 Å². The fourth-order valence-electron chi connectivity index (χ4n) is 1.66. The minimum Gasteiger partial charge on any atom is -0.434 e. The van der Waals surface area contributed by atoms with Crippen molar-refractivity contribution in [1.82, 2.24) is 0 Å². The predicted octanol–water partition coefficient (Wildman–Crippen LogP) is 4.18. The number of rotatable bonds is 3. The average molecular weight is 243 g/mol. The maximum atomic E-state index is 12.2. The normalized spacial score (nSPS) is 11.0. The largest absolute Gasteiger partial charge is 0.434 e. The molecule has 0 amide bonds. The van der Waals surface area contributed by atoms with E-state index in [1.54, 1.807) is 6.07 Å². The van der Waals surface area contributed by atoms with Gasteiger partial charge in [0.2, 0.25) is 0 Å². The highest BCUT2D eigenvalue weighted by molar-refractivity contribution is 6.18. The van der Waals surface area contributed by atoms with Crippen molar-refractivity contribution < 1.29 is 13.5 Å². The minimum atomic E-state index is -2.83. The molecule has 16 heavy (non-hydrogen) atoms. The van der Waals surface area contributed by atoms with E-state index in [0.29, 0.717) is 5.56 Å². The van der Waals surface area contributed by atoms with Crippen LogP contribution in [0, 0.1) is 0 Å². The van der Waals surface area contributed by atoms with Crippen molar-refractivity contribution in [3.63, 3.8) is 0 Å². The van der Waals surface area contributed by atoms with Crippen LogP contribution in [0.3, 0.4) is 0 Å². The first kappa shape index (κ1) is 11.1. The van der Waals surface area contributed by atoms with E-state index in [-0.39, 0.29) is 11.6 Å². The van der Waals surface area contributed by atoms with E-state index in [0.717, 1.165) is 10.8 Å². The van der Waals surface area contributed by atoms with Crippen LogP contribution < -0.4 is 4.74 Å². The van der Waals surface area contributed by atoms with Crippen molar-refractivity contribution in [3.8, 4) is 5.75 Å². The van der Waals surface area contributed by atoms with Crippen molar-refractivity contribution in [2.75, 3.05) is 0 Å². The molecule has 2 aromatic rings. The van der Waals surface area contributed by atoms with Gasteiger partial charge in [-0.15, -0.1) is 11.6 Å². The van der Waals surface area contributed by atoms with E-state index in [1.807, 2.05) is 24.3 Å². The Kier molecular flexibility index (Phi) is 3.25. The van der Waals surface area contributed by atoms with Gasteiger partial charge < -0.3 is 4.74 Å². The third-order valence-electron chi connectivity index (χ3n) is 2.35. The highest BCUT2D eigenvalue weighted by Crippen LogP contribution is 2.30. The zero-order valence-electron chi connectivity index (χ0n) is 8.29. The lowest BCUT2D eigenvalue weighted by Crippen LogP contribution is -2.04. The second-order valence-electron chi connectivity index (χ2n) is 3.28. The molecule has 0 spiro atoms. The van der Waals surface area contributed by atoms with Crippen molar-refractivity contribution >= 4 is 22.4 Å². The van der Waals surface area contributed by atoms with Gasteiger partial charge in [-0.25, -0.2) is 0 Å². The third-order valence-corrected chi connectivity index (χ3v) is 2.61. The topological polar surface area (TPSA) is 9.23 Å². The molecule has 0 aromatic heterocycles. The van der Waals surface area contributed by atoms with Crippen LogP contribution in [0.1, 0.15) is 5.56 Å². The first-order valence-corrected chi connectivity index (χ1v) is 5.27. The van der Waals surface area contributed by atoms with Gasteiger partial charge >= 0.3 is 6.61 Å². The maximum absolute atomic E-state index is 12.2. The standard InChI is InChI=1S/C12H9ClF2O/c13-7-10-9-4-2-1-3-8(9)5-6-11(10)16-12(14)15/h1-6,12H,7H2. The van der Waals surface area contributed by atoms with Crippen molar-refractivity contribution in [2.45, 2.75) is 12.5 Å².